The highest BCUT2D eigenvalue weighted by atomic mass is 32.1. The maximum Gasteiger partial charge on any atom is 0.261 e. The fourth-order valence-corrected chi connectivity index (χ4v) is 4.42. The van der Waals surface area contributed by atoms with Crippen LogP contribution >= 0.6 is 12.2 Å². The van der Waals surface area contributed by atoms with E-state index in [1.165, 1.54) is 5.56 Å². The second-order valence-electron chi connectivity index (χ2n) is 8.94. The normalized spacial score (nSPS) is 11.9. The predicted octanol–water partition coefficient (Wildman–Crippen LogP) is 7.30. The first kappa shape index (κ1) is 24.5. The fourth-order valence-electron chi connectivity index (χ4n) is 4.20. The number of fused-ring (bicyclic) bond motifs is 2. The van der Waals surface area contributed by atoms with Gasteiger partial charge in [0.25, 0.3) is 5.91 Å². The van der Waals surface area contributed by atoms with E-state index in [-0.39, 0.29) is 11.0 Å². The van der Waals surface area contributed by atoms with Crippen molar-refractivity contribution >= 4 is 50.8 Å². The highest BCUT2D eigenvalue weighted by molar-refractivity contribution is 7.80. The summed E-state index contributed by atoms with van der Waals surface area (Å²) in [5, 5.41) is 7.92. The van der Waals surface area contributed by atoms with Gasteiger partial charge < -0.3 is 14.5 Å². The van der Waals surface area contributed by atoms with E-state index >= 15 is 0 Å². The number of carbonyl (C=O) groups excluding carboxylic acids is 1. The molecule has 0 radical (unpaired) electrons. The van der Waals surface area contributed by atoms with Crippen molar-refractivity contribution in [1.82, 2.24) is 10.3 Å². The van der Waals surface area contributed by atoms with Crippen LogP contribution in [0, 0.1) is 0 Å². The zero-order valence-electron chi connectivity index (χ0n) is 20.9. The molecule has 2 N–H and O–H groups in total. The van der Waals surface area contributed by atoms with Crippen LogP contribution in [0.5, 0.6) is 5.75 Å². The minimum Gasteiger partial charge on any atom is -0.496 e. The molecule has 5 rings (SSSR count). The smallest absolute Gasteiger partial charge is 0.261 e. The van der Waals surface area contributed by atoms with Crippen LogP contribution in [0.3, 0.4) is 0 Å². The summed E-state index contributed by atoms with van der Waals surface area (Å²) in [5.74, 6) is 1.17. The first-order valence-corrected chi connectivity index (χ1v) is 12.6. The van der Waals surface area contributed by atoms with Crippen molar-refractivity contribution in [3.63, 3.8) is 0 Å². The number of ether oxygens (including phenoxy) is 1. The second kappa shape index (κ2) is 10.4. The quantitative estimate of drug-likeness (QED) is 0.234. The molecule has 0 saturated heterocycles. The van der Waals surface area contributed by atoms with E-state index in [0.29, 0.717) is 23.1 Å². The molecule has 0 aliphatic rings. The Morgan fingerprint density at radius 2 is 1.76 bits per heavy atom. The number of hydrogen-bond donors (Lipinski definition) is 2. The Labute approximate surface area is 220 Å². The van der Waals surface area contributed by atoms with Gasteiger partial charge in [0.15, 0.2) is 10.7 Å². The van der Waals surface area contributed by atoms with Gasteiger partial charge in [-0.15, -0.1) is 0 Å². The number of rotatable bonds is 6. The minimum absolute atomic E-state index is 0.187. The summed E-state index contributed by atoms with van der Waals surface area (Å²) in [5.41, 5.74) is 4.86. The Hall–Kier alpha value is -4.23. The zero-order valence-corrected chi connectivity index (χ0v) is 21.7. The number of amides is 1. The van der Waals surface area contributed by atoms with E-state index < -0.39 is 0 Å². The number of anilines is 1. The van der Waals surface area contributed by atoms with Gasteiger partial charge in [-0.2, -0.15) is 0 Å². The maximum absolute atomic E-state index is 12.9. The molecule has 7 heteroatoms. The average molecular weight is 510 g/mol. The van der Waals surface area contributed by atoms with Crippen LogP contribution in [0.4, 0.5) is 5.69 Å². The van der Waals surface area contributed by atoms with Crippen LogP contribution in [0.2, 0.25) is 0 Å². The third-order valence-corrected chi connectivity index (χ3v) is 6.73. The van der Waals surface area contributed by atoms with Gasteiger partial charge in [-0.3, -0.25) is 10.1 Å². The summed E-state index contributed by atoms with van der Waals surface area (Å²) < 4.78 is 11.4. The molecule has 0 unspecified atom stereocenters. The van der Waals surface area contributed by atoms with E-state index in [2.05, 4.69) is 41.6 Å². The zero-order chi connectivity index (χ0) is 25.9. The van der Waals surface area contributed by atoms with Crippen LogP contribution in [0.15, 0.2) is 83.3 Å². The molecule has 0 spiro atoms. The van der Waals surface area contributed by atoms with Gasteiger partial charge >= 0.3 is 0 Å². The van der Waals surface area contributed by atoms with Crippen molar-refractivity contribution in [2.45, 2.75) is 26.2 Å². The number of carbonyl (C=O) groups is 1. The van der Waals surface area contributed by atoms with Crippen LogP contribution < -0.4 is 15.4 Å². The van der Waals surface area contributed by atoms with Crippen molar-refractivity contribution in [2.75, 3.05) is 12.4 Å². The van der Waals surface area contributed by atoms with E-state index in [0.717, 1.165) is 39.5 Å². The first-order chi connectivity index (χ1) is 17.9. The standard InChI is InChI=1S/C30H27N3O3S/c1-4-18(2)20-11-14-26-25(16-20)32-29(36-26)19-9-12-23(13-10-19)31-30(37)33-28(34)24-15-21-7-5-6-8-22(21)17-27(24)35-3/h5-18H,4H2,1-3H3,(H2,31,33,34,37)/t18-/m0/s1. The highest BCUT2D eigenvalue weighted by Gasteiger charge is 2.16. The van der Waals surface area contributed by atoms with Gasteiger partial charge in [0.05, 0.1) is 12.7 Å². The first-order valence-electron chi connectivity index (χ1n) is 12.1. The monoisotopic (exact) mass is 509 g/mol. The lowest BCUT2D eigenvalue weighted by atomic mass is 9.98. The van der Waals surface area contributed by atoms with Gasteiger partial charge in [0.2, 0.25) is 5.89 Å². The van der Waals surface area contributed by atoms with E-state index in [1.54, 1.807) is 13.2 Å². The molecule has 6 nitrogen and oxygen atoms in total. The Morgan fingerprint density at radius 3 is 2.46 bits per heavy atom. The molecule has 37 heavy (non-hydrogen) atoms. The molecule has 1 amide bonds. The summed E-state index contributed by atoms with van der Waals surface area (Å²) >= 11 is 5.39. The van der Waals surface area contributed by atoms with Crippen LogP contribution in [-0.2, 0) is 0 Å². The number of benzene rings is 4. The number of hydrogen-bond acceptors (Lipinski definition) is 5. The summed E-state index contributed by atoms with van der Waals surface area (Å²) in [6.45, 7) is 4.38. The van der Waals surface area contributed by atoms with Gasteiger partial charge in [0, 0.05) is 11.3 Å². The molecule has 0 aliphatic carbocycles. The van der Waals surface area contributed by atoms with E-state index in [4.69, 9.17) is 21.4 Å². The third kappa shape index (κ3) is 5.17. The Kier molecular flexibility index (Phi) is 6.88. The van der Waals surface area contributed by atoms with Gasteiger partial charge in [0.1, 0.15) is 11.3 Å². The van der Waals surface area contributed by atoms with E-state index in [9.17, 15) is 4.79 Å². The Balaban J connectivity index is 1.28. The molecular weight excluding hydrogens is 482 g/mol. The molecular formula is C30H27N3O3S. The molecule has 0 fully saturated rings. The van der Waals surface area contributed by atoms with Gasteiger partial charge in [-0.05, 0) is 89.4 Å². The molecule has 5 aromatic rings. The van der Waals surface area contributed by atoms with Crippen LogP contribution in [0.1, 0.15) is 42.1 Å². The van der Waals surface area contributed by atoms with Crippen molar-refractivity contribution in [3.05, 3.63) is 90.0 Å². The fraction of sp³-hybridized carbons (Fsp3) is 0.167. The Bertz CT molecular complexity index is 1610. The summed E-state index contributed by atoms with van der Waals surface area (Å²) in [4.78, 5) is 17.6. The molecule has 1 atom stereocenters. The second-order valence-corrected chi connectivity index (χ2v) is 9.35. The van der Waals surface area contributed by atoms with Crippen molar-refractivity contribution in [3.8, 4) is 17.2 Å². The van der Waals surface area contributed by atoms with Crippen molar-refractivity contribution in [1.29, 1.82) is 0 Å². The molecule has 1 heterocycles. The van der Waals surface area contributed by atoms with Crippen molar-refractivity contribution < 1.29 is 13.9 Å². The molecule has 186 valence electrons. The number of thiocarbonyl (C=S) groups is 1. The number of nitrogens with one attached hydrogen (secondary N) is 2. The van der Waals surface area contributed by atoms with Crippen LogP contribution in [0.25, 0.3) is 33.3 Å². The summed E-state index contributed by atoms with van der Waals surface area (Å²) in [7, 11) is 1.54. The highest BCUT2D eigenvalue weighted by Crippen LogP contribution is 2.29. The largest absolute Gasteiger partial charge is 0.496 e. The lowest BCUT2D eigenvalue weighted by Crippen LogP contribution is -2.34. The van der Waals surface area contributed by atoms with Crippen molar-refractivity contribution in [2.24, 2.45) is 0 Å². The Morgan fingerprint density at radius 1 is 1.03 bits per heavy atom. The third-order valence-electron chi connectivity index (χ3n) is 6.52. The molecule has 1 aromatic heterocycles. The minimum atomic E-state index is -0.347. The summed E-state index contributed by atoms with van der Waals surface area (Å²) in [6.07, 6.45) is 1.07. The molecule has 0 bridgehead atoms. The number of oxazole rings is 1. The lowest BCUT2D eigenvalue weighted by molar-refractivity contribution is 0.0975. The molecule has 0 saturated carbocycles. The molecule has 0 aliphatic heterocycles. The number of aromatic nitrogens is 1. The number of methoxy groups -OCH3 is 1. The van der Waals surface area contributed by atoms with Gasteiger partial charge in [-0.1, -0.05) is 44.2 Å². The molecule has 4 aromatic carbocycles. The predicted molar refractivity (Wildman–Crippen MR) is 152 cm³/mol. The average Bonchev–Trinajstić information content (AvgIpc) is 3.35. The van der Waals surface area contributed by atoms with Gasteiger partial charge in [-0.25, -0.2) is 4.98 Å². The van der Waals surface area contributed by atoms with E-state index in [1.807, 2.05) is 60.7 Å². The topological polar surface area (TPSA) is 76.4 Å². The number of nitrogens with zero attached hydrogens (tertiary/aromatic N) is 1. The summed E-state index contributed by atoms with van der Waals surface area (Å²) in [6, 6.07) is 25.1. The van der Waals surface area contributed by atoms with Crippen LogP contribution in [-0.4, -0.2) is 23.1 Å². The lowest BCUT2D eigenvalue weighted by Gasteiger charge is -2.13. The SMILES string of the molecule is CC[C@H](C)c1ccc2oc(-c3ccc(NC(=S)NC(=O)c4cc5ccccc5cc4OC)cc3)nc2c1. The maximum atomic E-state index is 12.9.